The van der Waals surface area contributed by atoms with E-state index in [0.29, 0.717) is 26.7 Å². The minimum atomic E-state index is -0.344. The van der Waals surface area contributed by atoms with Gasteiger partial charge >= 0.3 is 0 Å². The van der Waals surface area contributed by atoms with Crippen molar-refractivity contribution in [1.82, 2.24) is 0 Å². The van der Waals surface area contributed by atoms with Gasteiger partial charge in [0.25, 0.3) is 5.91 Å². The summed E-state index contributed by atoms with van der Waals surface area (Å²) in [6.07, 6.45) is 0. The quantitative estimate of drug-likeness (QED) is 0.689. The summed E-state index contributed by atoms with van der Waals surface area (Å²) in [4.78, 5) is 12.3. The minimum absolute atomic E-state index is 0.323. The number of benzene rings is 2. The molecule has 0 bridgehead atoms. The van der Waals surface area contributed by atoms with Crippen molar-refractivity contribution >= 4 is 33.8 Å². The number of carbonyl (C=O) groups excluding carboxylic acids is 1. The number of hydrogen-bond donors (Lipinski definition) is 1. The van der Waals surface area contributed by atoms with Crippen LogP contribution in [0.25, 0.3) is 11.1 Å². The highest BCUT2D eigenvalue weighted by Gasteiger charge is 2.16. The summed E-state index contributed by atoms with van der Waals surface area (Å²) < 4.78 is 13.0. The molecule has 118 valence electrons. The number of hydrogen-bond acceptors (Lipinski definition) is 3. The maximum Gasteiger partial charge on any atom is 0.256 e. The predicted molar refractivity (Wildman–Crippen MR) is 93.8 cm³/mol. The summed E-state index contributed by atoms with van der Waals surface area (Å²) in [6, 6.07) is 14.4. The van der Waals surface area contributed by atoms with Gasteiger partial charge in [-0.05, 0) is 42.0 Å². The highest BCUT2D eigenvalue weighted by Crippen LogP contribution is 2.35. The minimum Gasteiger partial charge on any atom is -0.312 e. The fraction of sp³-hybridized carbons (Fsp3) is 0. The van der Waals surface area contributed by atoms with Gasteiger partial charge in [-0.15, -0.1) is 11.3 Å². The first-order valence-electron chi connectivity index (χ1n) is 6.93. The molecule has 1 amide bonds. The van der Waals surface area contributed by atoms with Crippen LogP contribution in [0.5, 0.6) is 0 Å². The second kappa shape index (κ2) is 6.83. The van der Waals surface area contributed by atoms with Crippen LogP contribution >= 0.6 is 22.9 Å². The number of nitriles is 1. The summed E-state index contributed by atoms with van der Waals surface area (Å²) in [7, 11) is 0. The zero-order valence-electron chi connectivity index (χ0n) is 12.2. The fourth-order valence-corrected chi connectivity index (χ4v) is 3.22. The first-order chi connectivity index (χ1) is 11.6. The summed E-state index contributed by atoms with van der Waals surface area (Å²) in [5.74, 6) is -0.667. The fourth-order valence-electron chi connectivity index (χ4n) is 2.18. The topological polar surface area (TPSA) is 52.9 Å². The lowest BCUT2D eigenvalue weighted by Gasteiger charge is -2.04. The molecule has 6 heteroatoms. The highest BCUT2D eigenvalue weighted by molar-refractivity contribution is 7.15. The standard InChI is InChI=1S/C18H10ClFN2OS/c19-13-5-1-12(2-6-13)17(23)22-18-15(9-21)16(10-24-18)11-3-7-14(20)8-4-11/h1-8,10H,(H,22,23). The van der Waals surface area contributed by atoms with Crippen LogP contribution in [0.2, 0.25) is 5.02 Å². The smallest absolute Gasteiger partial charge is 0.256 e. The third-order valence-electron chi connectivity index (χ3n) is 3.39. The molecule has 3 aromatic rings. The number of amides is 1. The largest absolute Gasteiger partial charge is 0.312 e. The molecule has 1 N–H and O–H groups in total. The lowest BCUT2D eigenvalue weighted by molar-refractivity contribution is 0.102. The van der Waals surface area contributed by atoms with Gasteiger partial charge in [0.1, 0.15) is 16.9 Å². The molecular formula is C18H10ClFN2OS. The van der Waals surface area contributed by atoms with Gasteiger partial charge in [-0.3, -0.25) is 4.79 Å². The number of nitrogens with zero attached hydrogens (tertiary/aromatic N) is 1. The Balaban J connectivity index is 1.89. The monoisotopic (exact) mass is 356 g/mol. The van der Waals surface area contributed by atoms with Crippen molar-refractivity contribution in [2.45, 2.75) is 0 Å². The third kappa shape index (κ3) is 3.30. The van der Waals surface area contributed by atoms with E-state index in [9.17, 15) is 14.4 Å². The van der Waals surface area contributed by atoms with Crippen molar-refractivity contribution in [2.75, 3.05) is 5.32 Å². The second-order valence-corrected chi connectivity index (χ2v) is 6.25. The Morgan fingerprint density at radius 3 is 2.42 bits per heavy atom. The van der Waals surface area contributed by atoms with Gasteiger partial charge in [-0.2, -0.15) is 5.26 Å². The second-order valence-electron chi connectivity index (χ2n) is 4.93. The molecule has 0 aliphatic rings. The zero-order valence-corrected chi connectivity index (χ0v) is 13.8. The predicted octanol–water partition coefficient (Wildman–Crippen LogP) is 5.33. The van der Waals surface area contributed by atoms with Crippen LogP contribution in [0.1, 0.15) is 15.9 Å². The molecule has 0 fully saturated rings. The molecule has 0 saturated carbocycles. The molecule has 1 heterocycles. The van der Waals surface area contributed by atoms with E-state index >= 15 is 0 Å². The molecule has 24 heavy (non-hydrogen) atoms. The molecule has 3 rings (SSSR count). The molecule has 0 aliphatic carbocycles. The number of anilines is 1. The first kappa shape index (κ1) is 16.2. The number of halogens is 2. The van der Waals surface area contributed by atoms with Crippen molar-refractivity contribution in [1.29, 1.82) is 5.26 Å². The Morgan fingerprint density at radius 2 is 1.79 bits per heavy atom. The van der Waals surface area contributed by atoms with Gasteiger partial charge in [0, 0.05) is 21.5 Å². The van der Waals surface area contributed by atoms with Crippen LogP contribution in [0.15, 0.2) is 53.9 Å². The summed E-state index contributed by atoms with van der Waals surface area (Å²) in [5, 5.41) is 14.9. The molecule has 0 saturated heterocycles. The van der Waals surface area contributed by atoms with E-state index < -0.39 is 0 Å². The lowest BCUT2D eigenvalue weighted by atomic mass is 10.0. The maximum atomic E-state index is 13.0. The summed E-state index contributed by atoms with van der Waals surface area (Å²) >= 11 is 7.06. The van der Waals surface area contributed by atoms with Crippen LogP contribution in [-0.4, -0.2) is 5.91 Å². The van der Waals surface area contributed by atoms with Gasteiger partial charge < -0.3 is 5.32 Å². The van der Waals surface area contributed by atoms with E-state index in [4.69, 9.17) is 11.6 Å². The molecule has 3 nitrogen and oxygen atoms in total. The molecule has 1 aromatic heterocycles. The molecule has 0 aliphatic heterocycles. The Bertz CT molecular complexity index is 927. The molecular weight excluding hydrogens is 347 g/mol. The molecule has 0 atom stereocenters. The number of nitrogens with one attached hydrogen (secondary N) is 1. The average Bonchev–Trinajstić information content (AvgIpc) is 2.98. The molecule has 2 aromatic carbocycles. The molecule has 0 radical (unpaired) electrons. The van der Waals surface area contributed by atoms with Crippen molar-refractivity contribution in [3.05, 3.63) is 75.9 Å². The first-order valence-corrected chi connectivity index (χ1v) is 8.18. The van der Waals surface area contributed by atoms with E-state index in [1.165, 1.54) is 23.5 Å². The lowest BCUT2D eigenvalue weighted by Crippen LogP contribution is -2.11. The van der Waals surface area contributed by atoms with E-state index in [2.05, 4.69) is 11.4 Å². The van der Waals surface area contributed by atoms with Gasteiger partial charge in [-0.25, -0.2) is 4.39 Å². The Labute approximate surface area is 146 Å². The number of rotatable bonds is 3. The zero-order chi connectivity index (χ0) is 17.1. The van der Waals surface area contributed by atoms with E-state index in [1.54, 1.807) is 41.8 Å². The summed E-state index contributed by atoms with van der Waals surface area (Å²) in [6.45, 7) is 0. The number of carbonyl (C=O) groups is 1. The van der Waals surface area contributed by atoms with Crippen LogP contribution < -0.4 is 5.32 Å². The van der Waals surface area contributed by atoms with Crippen LogP contribution in [0.4, 0.5) is 9.39 Å². The van der Waals surface area contributed by atoms with Gasteiger partial charge in [0.05, 0.1) is 5.56 Å². The van der Waals surface area contributed by atoms with Gasteiger partial charge in [0.15, 0.2) is 0 Å². The third-order valence-corrected chi connectivity index (χ3v) is 4.54. The Kier molecular flexibility index (Phi) is 4.61. The van der Waals surface area contributed by atoms with Crippen molar-refractivity contribution in [2.24, 2.45) is 0 Å². The molecule has 0 unspecified atom stereocenters. The van der Waals surface area contributed by atoms with Gasteiger partial charge in [-0.1, -0.05) is 23.7 Å². The van der Waals surface area contributed by atoms with E-state index in [-0.39, 0.29) is 11.7 Å². The SMILES string of the molecule is N#Cc1c(-c2ccc(F)cc2)csc1NC(=O)c1ccc(Cl)cc1. The van der Waals surface area contributed by atoms with Crippen molar-refractivity contribution in [3.63, 3.8) is 0 Å². The number of thiophene rings is 1. The molecule has 0 spiro atoms. The van der Waals surface area contributed by atoms with Gasteiger partial charge in [0.2, 0.25) is 0 Å². The summed E-state index contributed by atoms with van der Waals surface area (Å²) in [5.41, 5.74) is 2.18. The highest BCUT2D eigenvalue weighted by atomic mass is 35.5. The Morgan fingerprint density at radius 1 is 1.12 bits per heavy atom. The average molecular weight is 357 g/mol. The van der Waals surface area contributed by atoms with Crippen molar-refractivity contribution < 1.29 is 9.18 Å². The van der Waals surface area contributed by atoms with Crippen LogP contribution in [0, 0.1) is 17.1 Å². The van der Waals surface area contributed by atoms with E-state index in [0.717, 1.165) is 5.56 Å². The Hall–Kier alpha value is -2.68. The normalized spacial score (nSPS) is 10.2. The maximum absolute atomic E-state index is 13.0. The van der Waals surface area contributed by atoms with E-state index in [1.807, 2.05) is 0 Å². The van der Waals surface area contributed by atoms with Crippen molar-refractivity contribution in [3.8, 4) is 17.2 Å². The van der Waals surface area contributed by atoms with Crippen LogP contribution in [-0.2, 0) is 0 Å². The van der Waals surface area contributed by atoms with Crippen LogP contribution in [0.3, 0.4) is 0 Å².